The second-order valence-corrected chi connectivity index (χ2v) is 3.54. The fourth-order valence-electron chi connectivity index (χ4n) is 0.837. The Morgan fingerprint density at radius 2 is 2.18 bits per heavy atom. The van der Waals surface area contributed by atoms with Crippen LogP contribution < -0.4 is 0 Å². The van der Waals surface area contributed by atoms with Crippen molar-refractivity contribution in [1.82, 2.24) is 0 Å². The highest BCUT2D eigenvalue weighted by Crippen LogP contribution is 2.23. The summed E-state index contributed by atoms with van der Waals surface area (Å²) in [6.45, 7) is 1.86. The molecule has 0 heterocycles. The molecule has 0 radical (unpaired) electrons. The molecule has 0 atom stereocenters. The number of rotatable bonds is 1. The van der Waals surface area contributed by atoms with Gasteiger partial charge in [0.05, 0.1) is 5.02 Å². The molecule has 1 aromatic carbocycles. The maximum Gasteiger partial charge on any atom is 0.151 e. The van der Waals surface area contributed by atoms with Gasteiger partial charge < -0.3 is 0 Å². The Bertz CT molecular complexity index is 296. The van der Waals surface area contributed by atoms with Gasteiger partial charge in [0, 0.05) is 10.0 Å². The van der Waals surface area contributed by atoms with Crippen LogP contribution in [0, 0.1) is 6.92 Å². The molecule has 0 spiro atoms. The zero-order chi connectivity index (χ0) is 8.43. The fraction of sp³-hybridized carbons (Fsp3) is 0.125. The standard InChI is InChI=1S/C8H6BrClO/c1-5-2-7(9)3-6(4-11)8(5)10/h2-4H,1H3. The van der Waals surface area contributed by atoms with Crippen molar-refractivity contribution < 1.29 is 4.79 Å². The number of aryl methyl sites for hydroxylation is 1. The molecule has 58 valence electrons. The molecule has 0 saturated heterocycles. The Morgan fingerprint density at radius 3 is 2.73 bits per heavy atom. The van der Waals surface area contributed by atoms with E-state index in [0.29, 0.717) is 10.6 Å². The quantitative estimate of drug-likeness (QED) is 0.681. The number of halogens is 2. The van der Waals surface area contributed by atoms with Gasteiger partial charge in [-0.25, -0.2) is 0 Å². The molecule has 0 N–H and O–H groups in total. The van der Waals surface area contributed by atoms with Crippen LogP contribution in [0.3, 0.4) is 0 Å². The summed E-state index contributed by atoms with van der Waals surface area (Å²) in [6, 6.07) is 3.57. The van der Waals surface area contributed by atoms with E-state index in [9.17, 15) is 4.79 Å². The third-order valence-electron chi connectivity index (χ3n) is 1.37. The van der Waals surface area contributed by atoms with E-state index in [1.807, 2.05) is 13.0 Å². The second kappa shape index (κ2) is 3.37. The number of carbonyl (C=O) groups is 1. The van der Waals surface area contributed by atoms with Gasteiger partial charge in [-0.15, -0.1) is 0 Å². The molecule has 0 aliphatic carbocycles. The van der Waals surface area contributed by atoms with Gasteiger partial charge in [0.1, 0.15) is 0 Å². The van der Waals surface area contributed by atoms with Gasteiger partial charge in [-0.05, 0) is 24.6 Å². The average Bonchev–Trinajstić information content (AvgIpc) is 1.96. The summed E-state index contributed by atoms with van der Waals surface area (Å²) in [4.78, 5) is 10.4. The lowest BCUT2D eigenvalue weighted by molar-refractivity contribution is 0.112. The molecule has 3 heteroatoms. The maximum absolute atomic E-state index is 10.4. The van der Waals surface area contributed by atoms with E-state index in [0.717, 1.165) is 16.3 Å². The first-order valence-electron chi connectivity index (χ1n) is 3.06. The van der Waals surface area contributed by atoms with Crippen LogP contribution in [-0.2, 0) is 0 Å². The molecule has 0 amide bonds. The van der Waals surface area contributed by atoms with Crippen LogP contribution in [0.15, 0.2) is 16.6 Å². The molecule has 1 rings (SSSR count). The summed E-state index contributed by atoms with van der Waals surface area (Å²) >= 11 is 9.08. The van der Waals surface area contributed by atoms with Crippen LogP contribution >= 0.6 is 27.5 Å². The first kappa shape index (κ1) is 8.75. The molecule has 0 unspecified atom stereocenters. The van der Waals surface area contributed by atoms with E-state index in [1.54, 1.807) is 6.07 Å². The van der Waals surface area contributed by atoms with Gasteiger partial charge in [0.15, 0.2) is 6.29 Å². The van der Waals surface area contributed by atoms with Crippen molar-refractivity contribution in [2.75, 3.05) is 0 Å². The molecule has 0 aliphatic rings. The molecule has 1 aromatic rings. The summed E-state index contributed by atoms with van der Waals surface area (Å²) in [7, 11) is 0. The van der Waals surface area contributed by atoms with Gasteiger partial charge >= 0.3 is 0 Å². The minimum Gasteiger partial charge on any atom is -0.298 e. The lowest BCUT2D eigenvalue weighted by Gasteiger charge is -2.00. The van der Waals surface area contributed by atoms with E-state index >= 15 is 0 Å². The van der Waals surface area contributed by atoms with Crippen LogP contribution in [0.4, 0.5) is 0 Å². The lowest BCUT2D eigenvalue weighted by Crippen LogP contribution is -1.85. The summed E-state index contributed by atoms with van der Waals surface area (Å²) in [5, 5.41) is 0.531. The van der Waals surface area contributed by atoms with Crippen molar-refractivity contribution >= 4 is 33.8 Å². The molecule has 0 saturated carbocycles. The number of aldehydes is 1. The fourth-order valence-corrected chi connectivity index (χ4v) is 1.58. The molecule has 0 aromatic heterocycles. The number of hydrogen-bond acceptors (Lipinski definition) is 1. The molecule has 0 fully saturated rings. The van der Waals surface area contributed by atoms with Crippen molar-refractivity contribution in [2.24, 2.45) is 0 Å². The monoisotopic (exact) mass is 232 g/mol. The van der Waals surface area contributed by atoms with E-state index in [2.05, 4.69) is 15.9 Å². The van der Waals surface area contributed by atoms with Gasteiger partial charge in [-0.3, -0.25) is 4.79 Å². The number of hydrogen-bond donors (Lipinski definition) is 0. The number of benzene rings is 1. The number of carbonyl (C=O) groups excluding carboxylic acids is 1. The van der Waals surface area contributed by atoms with Crippen LogP contribution in [0.25, 0.3) is 0 Å². The van der Waals surface area contributed by atoms with Gasteiger partial charge in [0.25, 0.3) is 0 Å². The molecular weight excluding hydrogens is 227 g/mol. The first-order chi connectivity index (χ1) is 5.15. The zero-order valence-corrected chi connectivity index (χ0v) is 8.24. The van der Waals surface area contributed by atoms with E-state index in [-0.39, 0.29) is 0 Å². The SMILES string of the molecule is Cc1cc(Br)cc(C=O)c1Cl. The summed E-state index contributed by atoms with van der Waals surface area (Å²) in [5.74, 6) is 0. The Balaban J connectivity index is 3.35. The molecule has 1 nitrogen and oxygen atoms in total. The van der Waals surface area contributed by atoms with Gasteiger partial charge in [-0.2, -0.15) is 0 Å². The van der Waals surface area contributed by atoms with Gasteiger partial charge in [-0.1, -0.05) is 27.5 Å². The molecule has 0 aliphatic heterocycles. The lowest BCUT2D eigenvalue weighted by atomic mass is 10.1. The van der Waals surface area contributed by atoms with E-state index < -0.39 is 0 Å². The normalized spacial score (nSPS) is 9.73. The smallest absolute Gasteiger partial charge is 0.151 e. The molecule has 11 heavy (non-hydrogen) atoms. The maximum atomic E-state index is 10.4. The van der Waals surface area contributed by atoms with E-state index in [1.165, 1.54) is 0 Å². The third kappa shape index (κ3) is 1.82. The Labute approximate surface area is 78.5 Å². The highest BCUT2D eigenvalue weighted by molar-refractivity contribution is 9.10. The minimum atomic E-state index is 0.526. The zero-order valence-electron chi connectivity index (χ0n) is 5.90. The Morgan fingerprint density at radius 1 is 1.55 bits per heavy atom. The largest absolute Gasteiger partial charge is 0.298 e. The predicted octanol–water partition coefficient (Wildman–Crippen LogP) is 3.22. The minimum absolute atomic E-state index is 0.526. The third-order valence-corrected chi connectivity index (χ3v) is 2.35. The first-order valence-corrected chi connectivity index (χ1v) is 4.23. The molecular formula is C8H6BrClO. The van der Waals surface area contributed by atoms with Crippen LogP contribution in [0.2, 0.25) is 5.02 Å². The Hall–Kier alpha value is -0.340. The van der Waals surface area contributed by atoms with Crippen LogP contribution in [-0.4, -0.2) is 6.29 Å². The topological polar surface area (TPSA) is 17.1 Å². The van der Waals surface area contributed by atoms with Crippen LogP contribution in [0.5, 0.6) is 0 Å². The van der Waals surface area contributed by atoms with Crippen molar-refractivity contribution in [3.63, 3.8) is 0 Å². The average molecular weight is 233 g/mol. The summed E-state index contributed by atoms with van der Waals surface area (Å²) in [5.41, 5.74) is 1.43. The highest BCUT2D eigenvalue weighted by Gasteiger charge is 2.02. The predicted molar refractivity (Wildman–Crippen MR) is 49.3 cm³/mol. The summed E-state index contributed by atoms with van der Waals surface area (Å²) in [6.07, 6.45) is 0.750. The van der Waals surface area contributed by atoms with Crippen molar-refractivity contribution in [1.29, 1.82) is 0 Å². The van der Waals surface area contributed by atoms with Crippen molar-refractivity contribution in [3.05, 3.63) is 32.8 Å². The Kier molecular flexibility index (Phi) is 2.68. The van der Waals surface area contributed by atoms with Crippen LogP contribution in [0.1, 0.15) is 15.9 Å². The van der Waals surface area contributed by atoms with Crippen molar-refractivity contribution in [2.45, 2.75) is 6.92 Å². The van der Waals surface area contributed by atoms with Crippen molar-refractivity contribution in [3.8, 4) is 0 Å². The van der Waals surface area contributed by atoms with E-state index in [4.69, 9.17) is 11.6 Å². The molecule has 0 bridgehead atoms. The van der Waals surface area contributed by atoms with Gasteiger partial charge in [0.2, 0.25) is 0 Å². The second-order valence-electron chi connectivity index (χ2n) is 2.24. The highest BCUT2D eigenvalue weighted by atomic mass is 79.9. The summed E-state index contributed by atoms with van der Waals surface area (Å²) < 4.78 is 0.876.